The summed E-state index contributed by atoms with van der Waals surface area (Å²) in [5, 5.41) is 4.74. The smallest absolute Gasteiger partial charge is 0.154 e. The van der Waals surface area contributed by atoms with Crippen molar-refractivity contribution in [3.63, 3.8) is 0 Å². The fourth-order valence-electron chi connectivity index (χ4n) is 3.35. The maximum atomic E-state index is 5.81. The topological polar surface area (TPSA) is 55.2 Å². The second-order valence-electron chi connectivity index (χ2n) is 7.51. The van der Waals surface area contributed by atoms with Crippen LogP contribution in [-0.2, 0) is 0 Å². The maximum absolute atomic E-state index is 5.81. The van der Waals surface area contributed by atoms with Crippen molar-refractivity contribution in [1.82, 2.24) is 5.43 Å². The zero-order valence-corrected chi connectivity index (χ0v) is 18.2. The van der Waals surface area contributed by atoms with Crippen LogP contribution >= 0.6 is 0 Å². The van der Waals surface area contributed by atoms with E-state index in [2.05, 4.69) is 31.4 Å². The number of nitrogens with zero attached hydrogens (tertiary/aromatic N) is 2. The van der Waals surface area contributed by atoms with E-state index in [0.29, 0.717) is 5.84 Å². The second-order valence-corrected chi connectivity index (χ2v) is 7.51. The molecule has 0 bridgehead atoms. The summed E-state index contributed by atoms with van der Waals surface area (Å²) in [7, 11) is 1.66. The van der Waals surface area contributed by atoms with Crippen molar-refractivity contribution >= 4 is 17.2 Å². The third-order valence-electron chi connectivity index (χ3n) is 5.18. The molecule has 1 N–H and O–H groups in total. The molecule has 5 heteroatoms. The Hall–Kier alpha value is -3.60. The quantitative estimate of drug-likeness (QED) is 0.512. The Bertz CT molecular complexity index is 1100. The van der Waals surface area contributed by atoms with Crippen LogP contribution in [0.3, 0.4) is 0 Å². The van der Waals surface area contributed by atoms with Gasteiger partial charge in [0, 0.05) is 16.7 Å². The first-order valence-electron chi connectivity index (χ1n) is 10.6. The van der Waals surface area contributed by atoms with Crippen LogP contribution in [0.4, 0.5) is 5.69 Å². The molecule has 0 spiro atoms. The summed E-state index contributed by atoms with van der Waals surface area (Å²) in [6.07, 6.45) is 2.16. The van der Waals surface area contributed by atoms with E-state index in [0.717, 1.165) is 59.0 Å². The molecule has 1 heterocycles. The van der Waals surface area contributed by atoms with Gasteiger partial charge in [-0.05, 0) is 55.8 Å². The first-order valence-corrected chi connectivity index (χ1v) is 10.6. The molecule has 0 unspecified atom stereocenters. The number of rotatable bonds is 7. The molecule has 158 valence electrons. The van der Waals surface area contributed by atoms with E-state index in [1.807, 2.05) is 54.6 Å². The minimum atomic E-state index is 0.709. The molecule has 0 saturated heterocycles. The SMILES string of the molecule is CCCCOc1ccc(C2=NNC(c3ccc(C)cc3)=Nc3ccc(OC)cc32)cc1. The molecule has 0 amide bonds. The van der Waals surface area contributed by atoms with Crippen LogP contribution in [-0.4, -0.2) is 25.3 Å². The van der Waals surface area contributed by atoms with Crippen LogP contribution in [0.1, 0.15) is 42.0 Å². The van der Waals surface area contributed by atoms with Crippen molar-refractivity contribution in [2.24, 2.45) is 10.1 Å². The van der Waals surface area contributed by atoms with Crippen molar-refractivity contribution in [2.75, 3.05) is 13.7 Å². The minimum absolute atomic E-state index is 0.709. The Kier molecular flexibility index (Phi) is 6.32. The van der Waals surface area contributed by atoms with Crippen molar-refractivity contribution in [3.05, 3.63) is 89.0 Å². The molecule has 4 rings (SSSR count). The average Bonchev–Trinajstić information content (AvgIpc) is 2.99. The molecule has 5 nitrogen and oxygen atoms in total. The molecule has 3 aromatic rings. The van der Waals surface area contributed by atoms with Gasteiger partial charge in [-0.25, -0.2) is 4.99 Å². The van der Waals surface area contributed by atoms with Gasteiger partial charge in [-0.1, -0.05) is 43.2 Å². The van der Waals surface area contributed by atoms with Crippen LogP contribution in [0.25, 0.3) is 0 Å². The van der Waals surface area contributed by atoms with Crippen LogP contribution in [0, 0.1) is 6.92 Å². The van der Waals surface area contributed by atoms with E-state index in [1.165, 1.54) is 5.56 Å². The Morgan fingerprint density at radius 3 is 2.29 bits per heavy atom. The lowest BCUT2D eigenvalue weighted by molar-refractivity contribution is 0.309. The standard InChI is InChI=1S/C26H27N3O2/c1-4-5-16-31-21-12-10-19(11-13-21)25-23-17-22(30-3)14-15-24(23)27-26(29-28-25)20-8-6-18(2)7-9-20/h6-15,17H,4-5,16H2,1-3H3,(H,27,29). The Morgan fingerprint density at radius 2 is 1.58 bits per heavy atom. The first kappa shape index (κ1) is 20.7. The monoisotopic (exact) mass is 413 g/mol. The predicted octanol–water partition coefficient (Wildman–Crippen LogP) is 5.62. The number of benzene rings is 3. The number of aryl methyl sites for hydroxylation is 1. The largest absolute Gasteiger partial charge is 0.497 e. The van der Waals surface area contributed by atoms with Gasteiger partial charge < -0.3 is 9.47 Å². The van der Waals surface area contributed by atoms with Crippen molar-refractivity contribution < 1.29 is 9.47 Å². The van der Waals surface area contributed by atoms with Gasteiger partial charge in [0.2, 0.25) is 0 Å². The molecular weight excluding hydrogens is 386 g/mol. The van der Waals surface area contributed by atoms with E-state index in [4.69, 9.17) is 19.6 Å². The van der Waals surface area contributed by atoms with Gasteiger partial charge >= 0.3 is 0 Å². The Balaban J connectivity index is 1.71. The van der Waals surface area contributed by atoms with Crippen molar-refractivity contribution in [3.8, 4) is 11.5 Å². The van der Waals surface area contributed by atoms with Crippen LogP contribution < -0.4 is 14.9 Å². The van der Waals surface area contributed by atoms with E-state index >= 15 is 0 Å². The Labute approximate surface area is 183 Å². The number of amidine groups is 1. The molecular formula is C26H27N3O2. The van der Waals surface area contributed by atoms with Crippen LogP contribution in [0.5, 0.6) is 11.5 Å². The normalized spacial score (nSPS) is 12.7. The second kappa shape index (κ2) is 9.47. The molecule has 3 aromatic carbocycles. The zero-order chi connectivity index (χ0) is 21.6. The van der Waals surface area contributed by atoms with Gasteiger partial charge in [-0.2, -0.15) is 5.10 Å². The van der Waals surface area contributed by atoms with Gasteiger partial charge in [0.15, 0.2) is 5.84 Å². The highest BCUT2D eigenvalue weighted by atomic mass is 16.5. The molecule has 0 atom stereocenters. The van der Waals surface area contributed by atoms with Gasteiger partial charge in [0.1, 0.15) is 17.2 Å². The fourth-order valence-corrected chi connectivity index (χ4v) is 3.35. The summed E-state index contributed by atoms with van der Waals surface area (Å²) in [5.74, 6) is 2.34. The summed E-state index contributed by atoms with van der Waals surface area (Å²) >= 11 is 0. The van der Waals surface area contributed by atoms with Gasteiger partial charge in [-0.3, -0.25) is 5.43 Å². The lowest BCUT2D eigenvalue weighted by atomic mass is 10.0. The maximum Gasteiger partial charge on any atom is 0.154 e. The summed E-state index contributed by atoms with van der Waals surface area (Å²) in [6.45, 7) is 4.95. The number of unbranched alkanes of at least 4 members (excludes halogenated alkanes) is 1. The van der Waals surface area contributed by atoms with E-state index in [9.17, 15) is 0 Å². The van der Waals surface area contributed by atoms with Crippen LogP contribution in [0.2, 0.25) is 0 Å². The molecule has 1 aliphatic rings. The summed E-state index contributed by atoms with van der Waals surface area (Å²) in [6, 6.07) is 22.1. The number of methoxy groups -OCH3 is 1. The number of hydrogen-bond donors (Lipinski definition) is 1. The zero-order valence-electron chi connectivity index (χ0n) is 18.2. The lowest BCUT2D eigenvalue weighted by Crippen LogP contribution is -2.19. The molecule has 0 saturated carbocycles. The number of ether oxygens (including phenoxy) is 2. The number of hydrazone groups is 1. The van der Waals surface area contributed by atoms with Crippen molar-refractivity contribution in [1.29, 1.82) is 0 Å². The molecule has 0 aromatic heterocycles. The third kappa shape index (κ3) is 4.77. The number of nitrogens with one attached hydrogen (secondary N) is 1. The molecule has 31 heavy (non-hydrogen) atoms. The highest BCUT2D eigenvalue weighted by Crippen LogP contribution is 2.30. The summed E-state index contributed by atoms with van der Waals surface area (Å²) in [4.78, 5) is 4.87. The van der Waals surface area contributed by atoms with E-state index in [1.54, 1.807) is 7.11 Å². The molecule has 0 aliphatic carbocycles. The molecule has 1 aliphatic heterocycles. The number of aliphatic imine (C=N–C) groups is 1. The predicted molar refractivity (Wildman–Crippen MR) is 126 cm³/mol. The lowest BCUT2D eigenvalue weighted by Gasteiger charge is -2.11. The number of hydrogen-bond acceptors (Lipinski definition) is 5. The highest BCUT2D eigenvalue weighted by Gasteiger charge is 2.18. The van der Waals surface area contributed by atoms with Crippen molar-refractivity contribution in [2.45, 2.75) is 26.7 Å². The average molecular weight is 414 g/mol. The van der Waals surface area contributed by atoms with Gasteiger partial charge in [0.25, 0.3) is 0 Å². The Morgan fingerprint density at radius 1 is 0.871 bits per heavy atom. The highest BCUT2D eigenvalue weighted by molar-refractivity contribution is 6.18. The van der Waals surface area contributed by atoms with Crippen LogP contribution in [0.15, 0.2) is 76.8 Å². The van der Waals surface area contributed by atoms with Gasteiger partial charge in [-0.15, -0.1) is 0 Å². The third-order valence-corrected chi connectivity index (χ3v) is 5.18. The number of fused-ring (bicyclic) bond motifs is 1. The van der Waals surface area contributed by atoms with E-state index < -0.39 is 0 Å². The molecule has 0 radical (unpaired) electrons. The first-order chi connectivity index (χ1) is 15.2. The summed E-state index contributed by atoms with van der Waals surface area (Å²) in [5.41, 5.74) is 8.89. The molecule has 0 fully saturated rings. The summed E-state index contributed by atoms with van der Waals surface area (Å²) < 4.78 is 11.3. The van der Waals surface area contributed by atoms with E-state index in [-0.39, 0.29) is 0 Å². The van der Waals surface area contributed by atoms with Gasteiger partial charge in [0.05, 0.1) is 19.4 Å². The minimum Gasteiger partial charge on any atom is -0.497 e. The fraction of sp³-hybridized carbons (Fsp3) is 0.231.